The molecule has 2 rings (SSSR count). The number of ether oxygens (including phenoxy) is 1. The Bertz CT molecular complexity index is 555. The molecule has 4 heteroatoms. The molecule has 0 aromatic heterocycles. The van der Waals surface area contributed by atoms with Crippen molar-refractivity contribution in [2.45, 2.75) is 13.0 Å². The first-order valence-corrected chi connectivity index (χ1v) is 6.50. The summed E-state index contributed by atoms with van der Waals surface area (Å²) in [6.45, 7) is 1.49. The van der Waals surface area contributed by atoms with Crippen LogP contribution in [-0.4, -0.2) is 18.8 Å². The predicted octanol–water partition coefficient (Wildman–Crippen LogP) is 2.87. The van der Waals surface area contributed by atoms with E-state index in [2.05, 4.69) is 5.32 Å². The van der Waals surface area contributed by atoms with E-state index in [1.807, 2.05) is 6.07 Å². The molecule has 0 atom stereocenters. The molecule has 2 N–H and O–H groups in total. The van der Waals surface area contributed by atoms with Crippen molar-refractivity contribution in [3.63, 3.8) is 0 Å². The summed E-state index contributed by atoms with van der Waals surface area (Å²) >= 11 is 0. The normalized spacial score (nSPS) is 10.5. The van der Waals surface area contributed by atoms with Crippen LogP contribution in [0.1, 0.15) is 11.1 Å². The van der Waals surface area contributed by atoms with Gasteiger partial charge in [0.05, 0.1) is 7.11 Å². The molecule has 0 unspecified atom stereocenters. The molecule has 0 heterocycles. The van der Waals surface area contributed by atoms with Crippen LogP contribution in [0.4, 0.5) is 4.39 Å². The second-order valence-corrected chi connectivity index (χ2v) is 4.56. The molecule has 0 saturated heterocycles. The fraction of sp³-hybridized carbons (Fsp3) is 0.250. The van der Waals surface area contributed by atoms with Crippen LogP contribution in [0.15, 0.2) is 42.5 Å². The molecule has 0 spiro atoms. The first kappa shape index (κ1) is 14.3. The second-order valence-electron chi connectivity index (χ2n) is 4.56. The maximum Gasteiger partial charge on any atom is 0.160 e. The largest absolute Gasteiger partial charge is 0.504 e. The minimum absolute atomic E-state index is 0.141. The highest BCUT2D eigenvalue weighted by Crippen LogP contribution is 2.26. The summed E-state index contributed by atoms with van der Waals surface area (Å²) in [4.78, 5) is 0. The average molecular weight is 275 g/mol. The number of halogens is 1. The van der Waals surface area contributed by atoms with Gasteiger partial charge in [0, 0.05) is 6.54 Å². The molecule has 0 aliphatic carbocycles. The van der Waals surface area contributed by atoms with E-state index in [4.69, 9.17) is 4.74 Å². The molecule has 106 valence electrons. The van der Waals surface area contributed by atoms with Crippen molar-refractivity contribution < 1.29 is 14.2 Å². The summed E-state index contributed by atoms with van der Waals surface area (Å²) in [7, 11) is 1.53. The molecule has 0 amide bonds. The van der Waals surface area contributed by atoms with E-state index in [9.17, 15) is 9.50 Å². The lowest BCUT2D eigenvalue weighted by Gasteiger charge is -2.08. The number of phenols is 1. The Morgan fingerprint density at radius 3 is 2.50 bits per heavy atom. The Labute approximate surface area is 118 Å². The minimum atomic E-state index is -0.210. The van der Waals surface area contributed by atoms with Crippen LogP contribution in [0.2, 0.25) is 0 Å². The number of rotatable bonds is 6. The molecule has 0 radical (unpaired) electrons. The quantitative estimate of drug-likeness (QED) is 0.797. The van der Waals surface area contributed by atoms with E-state index in [0.29, 0.717) is 12.3 Å². The fourth-order valence-electron chi connectivity index (χ4n) is 1.95. The van der Waals surface area contributed by atoms with Gasteiger partial charge in [-0.05, 0) is 48.4 Å². The van der Waals surface area contributed by atoms with E-state index in [1.54, 1.807) is 24.3 Å². The fourth-order valence-corrected chi connectivity index (χ4v) is 1.95. The van der Waals surface area contributed by atoms with Gasteiger partial charge in [0.2, 0.25) is 0 Å². The van der Waals surface area contributed by atoms with Crippen molar-refractivity contribution in [2.75, 3.05) is 13.7 Å². The van der Waals surface area contributed by atoms with E-state index in [0.717, 1.165) is 24.1 Å². The van der Waals surface area contributed by atoms with Gasteiger partial charge in [-0.1, -0.05) is 18.2 Å². The van der Waals surface area contributed by atoms with E-state index in [1.165, 1.54) is 19.2 Å². The number of nitrogens with one attached hydrogen (secondary N) is 1. The number of hydrogen-bond acceptors (Lipinski definition) is 3. The third-order valence-electron chi connectivity index (χ3n) is 3.08. The lowest BCUT2D eigenvalue weighted by Crippen LogP contribution is -2.16. The van der Waals surface area contributed by atoms with Crippen molar-refractivity contribution in [2.24, 2.45) is 0 Å². The number of aromatic hydroxyl groups is 1. The smallest absolute Gasteiger partial charge is 0.160 e. The van der Waals surface area contributed by atoms with Crippen molar-refractivity contribution in [3.05, 3.63) is 59.4 Å². The third kappa shape index (κ3) is 3.96. The molecule has 0 aliphatic heterocycles. The van der Waals surface area contributed by atoms with Gasteiger partial charge in [0.15, 0.2) is 11.5 Å². The topological polar surface area (TPSA) is 41.5 Å². The maximum absolute atomic E-state index is 12.8. The van der Waals surface area contributed by atoms with Crippen LogP contribution in [0.5, 0.6) is 11.5 Å². The summed E-state index contributed by atoms with van der Waals surface area (Å²) in [5.74, 6) is 0.406. The van der Waals surface area contributed by atoms with Crippen LogP contribution in [0, 0.1) is 5.82 Å². The second kappa shape index (κ2) is 6.91. The van der Waals surface area contributed by atoms with Gasteiger partial charge in [0.25, 0.3) is 0 Å². The average Bonchev–Trinajstić information content (AvgIpc) is 2.47. The van der Waals surface area contributed by atoms with Gasteiger partial charge >= 0.3 is 0 Å². The lowest BCUT2D eigenvalue weighted by atomic mass is 10.1. The highest BCUT2D eigenvalue weighted by Gasteiger charge is 2.02. The monoisotopic (exact) mass is 275 g/mol. The Morgan fingerprint density at radius 2 is 1.80 bits per heavy atom. The summed E-state index contributed by atoms with van der Waals surface area (Å²) in [6.07, 6.45) is 0.843. The molecule has 0 aliphatic rings. The minimum Gasteiger partial charge on any atom is -0.504 e. The van der Waals surface area contributed by atoms with E-state index in [-0.39, 0.29) is 11.6 Å². The van der Waals surface area contributed by atoms with Crippen molar-refractivity contribution in [1.82, 2.24) is 5.32 Å². The van der Waals surface area contributed by atoms with Crippen LogP contribution >= 0.6 is 0 Å². The third-order valence-corrected chi connectivity index (χ3v) is 3.08. The molecule has 0 saturated carbocycles. The SMILES string of the molecule is COc1cc(CNCCc2ccc(F)cc2)ccc1O. The van der Waals surface area contributed by atoms with Gasteiger partial charge in [0.1, 0.15) is 5.82 Å². The standard InChI is InChI=1S/C16H18FNO2/c1-20-16-10-13(4-7-15(16)19)11-18-9-8-12-2-5-14(17)6-3-12/h2-7,10,18-19H,8-9,11H2,1H3. The summed E-state index contributed by atoms with van der Waals surface area (Å²) in [5, 5.41) is 12.8. The highest BCUT2D eigenvalue weighted by molar-refractivity contribution is 5.41. The first-order valence-electron chi connectivity index (χ1n) is 6.50. The Balaban J connectivity index is 1.79. The summed E-state index contributed by atoms with van der Waals surface area (Å²) in [5.41, 5.74) is 2.14. The van der Waals surface area contributed by atoms with Crippen molar-refractivity contribution >= 4 is 0 Å². The van der Waals surface area contributed by atoms with Gasteiger partial charge in [-0.3, -0.25) is 0 Å². The lowest BCUT2D eigenvalue weighted by molar-refractivity contribution is 0.373. The number of methoxy groups -OCH3 is 1. The van der Waals surface area contributed by atoms with Gasteiger partial charge < -0.3 is 15.2 Å². The molecule has 2 aromatic carbocycles. The zero-order chi connectivity index (χ0) is 14.4. The van der Waals surface area contributed by atoms with E-state index >= 15 is 0 Å². The first-order chi connectivity index (χ1) is 9.69. The zero-order valence-electron chi connectivity index (χ0n) is 11.4. The maximum atomic E-state index is 12.8. The van der Waals surface area contributed by atoms with Gasteiger partial charge in [-0.15, -0.1) is 0 Å². The van der Waals surface area contributed by atoms with Gasteiger partial charge in [-0.25, -0.2) is 4.39 Å². The Hall–Kier alpha value is -2.07. The van der Waals surface area contributed by atoms with E-state index < -0.39 is 0 Å². The molecule has 0 fully saturated rings. The van der Waals surface area contributed by atoms with Crippen LogP contribution < -0.4 is 10.1 Å². The summed E-state index contributed by atoms with van der Waals surface area (Å²) in [6, 6.07) is 11.8. The van der Waals surface area contributed by atoms with Crippen LogP contribution in [-0.2, 0) is 13.0 Å². The Kier molecular flexibility index (Phi) is 4.96. The van der Waals surface area contributed by atoms with Crippen molar-refractivity contribution in [1.29, 1.82) is 0 Å². The highest BCUT2D eigenvalue weighted by atomic mass is 19.1. The molecule has 3 nitrogen and oxygen atoms in total. The number of phenolic OH excluding ortho intramolecular Hbond substituents is 1. The molecular formula is C16H18FNO2. The van der Waals surface area contributed by atoms with Crippen LogP contribution in [0.25, 0.3) is 0 Å². The van der Waals surface area contributed by atoms with Gasteiger partial charge in [-0.2, -0.15) is 0 Å². The molecule has 20 heavy (non-hydrogen) atoms. The summed E-state index contributed by atoms with van der Waals surface area (Å²) < 4.78 is 17.8. The molecule has 2 aromatic rings. The molecule has 0 bridgehead atoms. The zero-order valence-corrected chi connectivity index (χ0v) is 11.4. The van der Waals surface area contributed by atoms with Crippen LogP contribution in [0.3, 0.4) is 0 Å². The Morgan fingerprint density at radius 1 is 1.10 bits per heavy atom. The molecular weight excluding hydrogens is 257 g/mol. The van der Waals surface area contributed by atoms with Crippen molar-refractivity contribution in [3.8, 4) is 11.5 Å². The number of hydrogen-bond donors (Lipinski definition) is 2. The predicted molar refractivity (Wildman–Crippen MR) is 76.5 cm³/mol. The number of benzene rings is 2.